The van der Waals surface area contributed by atoms with Crippen molar-refractivity contribution in [2.75, 3.05) is 0 Å². The summed E-state index contributed by atoms with van der Waals surface area (Å²) in [5, 5.41) is 5.93. The van der Waals surface area contributed by atoms with E-state index in [9.17, 15) is 0 Å². The lowest BCUT2D eigenvalue weighted by atomic mass is 10.2. The van der Waals surface area contributed by atoms with Crippen molar-refractivity contribution in [3.05, 3.63) is 64.2 Å². The van der Waals surface area contributed by atoms with Crippen molar-refractivity contribution in [2.24, 2.45) is 5.73 Å². The van der Waals surface area contributed by atoms with E-state index in [2.05, 4.69) is 15.1 Å². The fraction of sp³-hybridized carbons (Fsp3) is 0.154. The molecular formula is C13H12N4OS. The molecule has 1 atom stereocenters. The first kappa shape index (κ1) is 12.0. The number of thiophene rings is 1. The Kier molecular flexibility index (Phi) is 3.35. The topological polar surface area (TPSA) is 77.8 Å². The summed E-state index contributed by atoms with van der Waals surface area (Å²) in [4.78, 5) is 9.40. The molecule has 1 unspecified atom stereocenters. The molecule has 0 amide bonds. The summed E-state index contributed by atoms with van der Waals surface area (Å²) in [6.45, 7) is 0. The van der Waals surface area contributed by atoms with Gasteiger partial charge >= 0.3 is 0 Å². The van der Waals surface area contributed by atoms with Gasteiger partial charge in [-0.2, -0.15) is 4.98 Å². The van der Waals surface area contributed by atoms with Crippen LogP contribution in [0.2, 0.25) is 0 Å². The van der Waals surface area contributed by atoms with Gasteiger partial charge in [0.2, 0.25) is 5.89 Å². The Balaban J connectivity index is 1.76. The quantitative estimate of drug-likeness (QED) is 0.787. The minimum absolute atomic E-state index is 0.352. The predicted molar refractivity (Wildman–Crippen MR) is 71.7 cm³/mol. The highest BCUT2D eigenvalue weighted by Gasteiger charge is 2.17. The van der Waals surface area contributed by atoms with E-state index in [0.29, 0.717) is 18.1 Å². The number of hydrogen-bond donors (Lipinski definition) is 1. The smallest absolute Gasteiger partial charge is 0.248 e. The summed E-state index contributed by atoms with van der Waals surface area (Å²) in [7, 11) is 0. The lowest BCUT2D eigenvalue weighted by Gasteiger charge is -2.01. The van der Waals surface area contributed by atoms with E-state index in [1.165, 1.54) is 0 Å². The van der Waals surface area contributed by atoms with Crippen LogP contribution < -0.4 is 5.73 Å². The molecule has 0 aliphatic rings. The molecule has 6 heteroatoms. The molecule has 96 valence electrons. The van der Waals surface area contributed by atoms with Crippen LogP contribution >= 0.6 is 11.3 Å². The normalized spacial score (nSPS) is 12.5. The number of aromatic nitrogens is 3. The monoisotopic (exact) mass is 272 g/mol. The molecule has 0 saturated heterocycles. The van der Waals surface area contributed by atoms with Crippen LogP contribution in [0, 0.1) is 0 Å². The van der Waals surface area contributed by atoms with E-state index in [-0.39, 0.29) is 6.04 Å². The van der Waals surface area contributed by atoms with Crippen LogP contribution in [0.25, 0.3) is 0 Å². The highest BCUT2D eigenvalue weighted by Crippen LogP contribution is 2.22. The maximum atomic E-state index is 6.07. The van der Waals surface area contributed by atoms with E-state index < -0.39 is 0 Å². The van der Waals surface area contributed by atoms with Crippen LogP contribution in [0.1, 0.15) is 28.2 Å². The summed E-state index contributed by atoms with van der Waals surface area (Å²) in [6.07, 6.45) is 4.11. The van der Waals surface area contributed by atoms with E-state index in [1.807, 2.05) is 29.6 Å². The number of nitrogens with two attached hydrogens (primary N) is 1. The van der Waals surface area contributed by atoms with Crippen molar-refractivity contribution in [3.63, 3.8) is 0 Å². The molecule has 3 aromatic rings. The van der Waals surface area contributed by atoms with Crippen LogP contribution in [0.5, 0.6) is 0 Å². The molecule has 0 bridgehead atoms. The molecule has 0 saturated carbocycles. The Morgan fingerprint density at radius 2 is 2.26 bits per heavy atom. The molecule has 0 spiro atoms. The van der Waals surface area contributed by atoms with Crippen molar-refractivity contribution >= 4 is 11.3 Å². The van der Waals surface area contributed by atoms with Gasteiger partial charge in [-0.05, 0) is 23.1 Å². The third kappa shape index (κ3) is 2.69. The summed E-state index contributed by atoms with van der Waals surface area (Å²) in [6, 6.07) is 7.42. The van der Waals surface area contributed by atoms with Crippen LogP contribution in [-0.4, -0.2) is 15.1 Å². The zero-order chi connectivity index (χ0) is 13.1. The minimum atomic E-state index is -0.352. The third-order valence-corrected chi connectivity index (χ3v) is 3.64. The average Bonchev–Trinajstić information content (AvgIpc) is 3.10. The van der Waals surface area contributed by atoms with Crippen molar-refractivity contribution < 1.29 is 4.52 Å². The van der Waals surface area contributed by atoms with Crippen LogP contribution in [-0.2, 0) is 6.42 Å². The second kappa shape index (κ2) is 5.29. The number of hydrogen-bond acceptors (Lipinski definition) is 6. The first-order valence-corrected chi connectivity index (χ1v) is 6.71. The number of nitrogens with zero attached hydrogens (tertiary/aromatic N) is 3. The van der Waals surface area contributed by atoms with Crippen molar-refractivity contribution in [3.8, 4) is 0 Å². The Morgan fingerprint density at radius 1 is 1.32 bits per heavy atom. The second-order valence-corrected chi connectivity index (χ2v) is 5.06. The van der Waals surface area contributed by atoms with Crippen molar-refractivity contribution in [1.29, 1.82) is 0 Å². The first-order valence-electron chi connectivity index (χ1n) is 5.83. The van der Waals surface area contributed by atoms with Crippen LogP contribution in [0.4, 0.5) is 0 Å². The Bertz CT molecular complexity index is 636. The molecule has 3 rings (SSSR count). The summed E-state index contributed by atoms with van der Waals surface area (Å²) in [5.74, 6) is 1.07. The van der Waals surface area contributed by atoms with Gasteiger partial charge in [0.25, 0.3) is 0 Å². The average molecular weight is 272 g/mol. The standard InChI is InChI=1S/C13H12N4OS/c14-12(10-4-2-6-19-10)13-16-11(17-18-13)7-9-3-1-5-15-8-9/h1-6,8,12H,7,14H2. The summed E-state index contributed by atoms with van der Waals surface area (Å²) < 4.78 is 5.22. The molecule has 0 fully saturated rings. The molecular weight excluding hydrogens is 260 g/mol. The van der Waals surface area contributed by atoms with Gasteiger partial charge in [-0.15, -0.1) is 11.3 Å². The zero-order valence-corrected chi connectivity index (χ0v) is 10.9. The Labute approximate surface area is 114 Å². The molecule has 0 aromatic carbocycles. The molecule has 2 N–H and O–H groups in total. The highest BCUT2D eigenvalue weighted by atomic mass is 32.1. The van der Waals surface area contributed by atoms with Crippen LogP contribution in [0.15, 0.2) is 46.6 Å². The summed E-state index contributed by atoms with van der Waals surface area (Å²) >= 11 is 1.58. The molecule has 3 heterocycles. The molecule has 0 radical (unpaired) electrons. The van der Waals surface area contributed by atoms with E-state index in [4.69, 9.17) is 10.3 Å². The predicted octanol–water partition coefficient (Wildman–Crippen LogP) is 2.17. The van der Waals surface area contributed by atoms with Gasteiger partial charge in [-0.1, -0.05) is 17.3 Å². The molecule has 5 nitrogen and oxygen atoms in total. The molecule has 0 aliphatic heterocycles. The maximum absolute atomic E-state index is 6.07. The van der Waals surface area contributed by atoms with Crippen molar-refractivity contribution in [2.45, 2.75) is 12.5 Å². The van der Waals surface area contributed by atoms with Gasteiger partial charge in [-0.25, -0.2) is 0 Å². The minimum Gasteiger partial charge on any atom is -0.337 e. The van der Waals surface area contributed by atoms with E-state index in [1.54, 1.807) is 23.7 Å². The fourth-order valence-electron chi connectivity index (χ4n) is 1.74. The largest absolute Gasteiger partial charge is 0.337 e. The highest BCUT2D eigenvalue weighted by molar-refractivity contribution is 7.10. The lowest BCUT2D eigenvalue weighted by molar-refractivity contribution is 0.364. The van der Waals surface area contributed by atoms with Gasteiger partial charge in [0.1, 0.15) is 6.04 Å². The third-order valence-electron chi connectivity index (χ3n) is 2.68. The molecule has 3 aromatic heterocycles. The van der Waals surface area contributed by atoms with Crippen LogP contribution in [0.3, 0.4) is 0 Å². The number of rotatable bonds is 4. The Morgan fingerprint density at radius 3 is 3.00 bits per heavy atom. The maximum Gasteiger partial charge on any atom is 0.248 e. The lowest BCUT2D eigenvalue weighted by Crippen LogP contribution is -2.10. The molecule has 19 heavy (non-hydrogen) atoms. The number of pyridine rings is 1. The summed E-state index contributed by atoms with van der Waals surface area (Å²) in [5.41, 5.74) is 7.11. The second-order valence-electron chi connectivity index (χ2n) is 4.08. The van der Waals surface area contributed by atoms with Gasteiger partial charge < -0.3 is 10.3 Å². The Hall–Kier alpha value is -2.05. The molecule has 0 aliphatic carbocycles. The van der Waals surface area contributed by atoms with Gasteiger partial charge in [-0.3, -0.25) is 4.98 Å². The van der Waals surface area contributed by atoms with Gasteiger partial charge in [0.05, 0.1) is 0 Å². The van der Waals surface area contributed by atoms with Crippen molar-refractivity contribution in [1.82, 2.24) is 15.1 Å². The van der Waals surface area contributed by atoms with E-state index >= 15 is 0 Å². The van der Waals surface area contributed by atoms with Gasteiger partial charge in [0.15, 0.2) is 5.82 Å². The van der Waals surface area contributed by atoms with E-state index in [0.717, 1.165) is 10.4 Å². The SMILES string of the molecule is NC(c1nc(Cc2cccnc2)no1)c1cccs1. The first-order chi connectivity index (χ1) is 9.33. The fourth-order valence-corrected chi connectivity index (χ4v) is 2.46. The zero-order valence-electron chi connectivity index (χ0n) is 10.1. The van der Waals surface area contributed by atoms with Gasteiger partial charge in [0, 0.05) is 23.7 Å².